The molecule has 102 valence electrons. The topological polar surface area (TPSA) is 42.0 Å². The molecule has 0 radical (unpaired) electrons. The van der Waals surface area contributed by atoms with Crippen molar-refractivity contribution in [2.24, 2.45) is 0 Å². The molecule has 1 amide bonds. The van der Waals surface area contributed by atoms with Crippen LogP contribution < -0.4 is 5.32 Å². The van der Waals surface area contributed by atoms with Crippen LogP contribution in [0.25, 0.3) is 0 Å². The predicted octanol–water partition coefficient (Wildman–Crippen LogP) is 3.45. The monoisotopic (exact) mass is 266 g/mol. The van der Waals surface area contributed by atoms with E-state index in [0.29, 0.717) is 0 Å². The molecule has 1 aliphatic rings. The molecule has 1 aromatic heterocycles. The molecule has 1 aromatic carbocycles. The largest absolute Gasteiger partial charge is 0.325 e. The molecular weight excluding hydrogens is 248 g/mol. The van der Waals surface area contributed by atoms with Crippen LogP contribution in [0.5, 0.6) is 0 Å². The second kappa shape index (κ2) is 5.08. The average molecular weight is 266 g/mol. The molecule has 2 aromatic rings. The van der Waals surface area contributed by atoms with Gasteiger partial charge in [0.15, 0.2) is 0 Å². The maximum absolute atomic E-state index is 12.7. The fourth-order valence-electron chi connectivity index (χ4n) is 2.81. The first-order chi connectivity index (χ1) is 9.71. The number of pyridine rings is 1. The van der Waals surface area contributed by atoms with Gasteiger partial charge in [0.25, 0.3) is 0 Å². The van der Waals surface area contributed by atoms with Crippen molar-refractivity contribution in [1.29, 1.82) is 0 Å². The van der Waals surface area contributed by atoms with Crippen LogP contribution in [0.4, 0.5) is 5.69 Å². The van der Waals surface area contributed by atoms with Crippen LogP contribution in [0.15, 0.2) is 48.7 Å². The number of amides is 1. The fourth-order valence-corrected chi connectivity index (χ4v) is 2.81. The first-order valence-corrected chi connectivity index (χ1v) is 7.00. The quantitative estimate of drug-likeness (QED) is 0.924. The molecule has 1 fully saturated rings. The number of anilines is 1. The molecule has 20 heavy (non-hydrogen) atoms. The summed E-state index contributed by atoms with van der Waals surface area (Å²) in [5.74, 6) is 0.0977. The van der Waals surface area contributed by atoms with Crippen LogP contribution in [-0.2, 0) is 10.2 Å². The van der Waals surface area contributed by atoms with Crippen molar-refractivity contribution in [3.63, 3.8) is 0 Å². The minimum atomic E-state index is -0.349. The van der Waals surface area contributed by atoms with Gasteiger partial charge in [-0.2, -0.15) is 0 Å². The number of carbonyl (C=O) groups excluding carboxylic acids is 1. The second-order valence-corrected chi connectivity index (χ2v) is 5.44. The van der Waals surface area contributed by atoms with Crippen molar-refractivity contribution in [2.45, 2.75) is 31.6 Å². The van der Waals surface area contributed by atoms with Gasteiger partial charge in [0.2, 0.25) is 5.91 Å². The Morgan fingerprint density at radius 1 is 1.20 bits per heavy atom. The summed E-state index contributed by atoms with van der Waals surface area (Å²) in [6.45, 7) is 1.92. The van der Waals surface area contributed by atoms with Gasteiger partial charge in [-0.1, -0.05) is 36.8 Å². The van der Waals surface area contributed by atoms with Gasteiger partial charge in [0, 0.05) is 17.6 Å². The molecule has 1 saturated carbocycles. The van der Waals surface area contributed by atoms with Gasteiger partial charge in [0.1, 0.15) is 0 Å². The Labute approximate surface area is 119 Å². The maximum atomic E-state index is 12.7. The Balaban J connectivity index is 1.85. The highest BCUT2D eigenvalue weighted by Crippen LogP contribution is 2.44. The van der Waals surface area contributed by atoms with E-state index in [4.69, 9.17) is 0 Å². The Kier molecular flexibility index (Phi) is 3.26. The lowest BCUT2D eigenvalue weighted by atomic mass is 9.64. The zero-order valence-electron chi connectivity index (χ0n) is 11.6. The number of nitrogens with one attached hydrogen (secondary N) is 1. The summed E-state index contributed by atoms with van der Waals surface area (Å²) < 4.78 is 0. The SMILES string of the molecule is Cc1cc(NC(=O)C2(c3ccccc3)CCC2)ccn1. The van der Waals surface area contributed by atoms with E-state index in [9.17, 15) is 4.79 Å². The minimum absolute atomic E-state index is 0.0977. The van der Waals surface area contributed by atoms with E-state index in [1.165, 1.54) is 0 Å². The number of hydrogen-bond acceptors (Lipinski definition) is 2. The third kappa shape index (κ3) is 2.20. The highest BCUT2D eigenvalue weighted by molar-refractivity contribution is 5.99. The van der Waals surface area contributed by atoms with Gasteiger partial charge < -0.3 is 5.32 Å². The van der Waals surface area contributed by atoms with Crippen LogP contribution >= 0.6 is 0 Å². The molecule has 0 atom stereocenters. The normalized spacial score (nSPS) is 16.2. The Hall–Kier alpha value is -2.16. The smallest absolute Gasteiger partial charge is 0.235 e. The van der Waals surface area contributed by atoms with Crippen molar-refractivity contribution >= 4 is 11.6 Å². The highest BCUT2D eigenvalue weighted by atomic mass is 16.2. The van der Waals surface area contributed by atoms with E-state index in [1.807, 2.05) is 37.3 Å². The molecule has 1 N–H and O–H groups in total. The highest BCUT2D eigenvalue weighted by Gasteiger charge is 2.45. The molecule has 0 spiro atoms. The van der Waals surface area contributed by atoms with Crippen LogP contribution in [0.1, 0.15) is 30.5 Å². The van der Waals surface area contributed by atoms with Gasteiger partial charge in [-0.05, 0) is 37.5 Å². The second-order valence-electron chi connectivity index (χ2n) is 5.44. The molecule has 3 heteroatoms. The van der Waals surface area contributed by atoms with Crippen LogP contribution in [0.3, 0.4) is 0 Å². The number of aryl methyl sites for hydroxylation is 1. The minimum Gasteiger partial charge on any atom is -0.325 e. The number of rotatable bonds is 3. The first kappa shape index (κ1) is 12.9. The Bertz CT molecular complexity index is 618. The van der Waals surface area contributed by atoms with E-state index in [1.54, 1.807) is 6.20 Å². The molecule has 3 nitrogen and oxygen atoms in total. The van der Waals surface area contributed by atoms with Gasteiger partial charge >= 0.3 is 0 Å². The molecule has 0 saturated heterocycles. The summed E-state index contributed by atoms with van der Waals surface area (Å²) in [7, 11) is 0. The van der Waals surface area contributed by atoms with E-state index in [2.05, 4.69) is 22.4 Å². The number of hydrogen-bond donors (Lipinski definition) is 1. The van der Waals surface area contributed by atoms with Crippen LogP contribution in [0, 0.1) is 6.92 Å². The fraction of sp³-hybridized carbons (Fsp3) is 0.294. The van der Waals surface area contributed by atoms with E-state index in [0.717, 1.165) is 36.2 Å². The van der Waals surface area contributed by atoms with Gasteiger partial charge in [-0.15, -0.1) is 0 Å². The van der Waals surface area contributed by atoms with E-state index in [-0.39, 0.29) is 11.3 Å². The van der Waals surface area contributed by atoms with Crippen molar-refractivity contribution < 1.29 is 4.79 Å². The molecular formula is C17H18N2O. The van der Waals surface area contributed by atoms with Crippen molar-refractivity contribution in [2.75, 3.05) is 5.32 Å². The lowest BCUT2D eigenvalue weighted by Gasteiger charge is -2.40. The Morgan fingerprint density at radius 2 is 1.95 bits per heavy atom. The summed E-state index contributed by atoms with van der Waals surface area (Å²) in [4.78, 5) is 16.8. The maximum Gasteiger partial charge on any atom is 0.235 e. The summed E-state index contributed by atoms with van der Waals surface area (Å²) >= 11 is 0. The van der Waals surface area contributed by atoms with Crippen LogP contribution in [-0.4, -0.2) is 10.9 Å². The van der Waals surface area contributed by atoms with E-state index < -0.39 is 0 Å². The first-order valence-electron chi connectivity index (χ1n) is 7.00. The number of carbonyl (C=O) groups is 1. The molecule has 0 bridgehead atoms. The molecule has 1 aliphatic carbocycles. The number of nitrogens with zero attached hydrogens (tertiary/aromatic N) is 1. The number of aromatic nitrogens is 1. The van der Waals surface area contributed by atoms with E-state index >= 15 is 0 Å². The Morgan fingerprint density at radius 3 is 2.55 bits per heavy atom. The van der Waals surface area contributed by atoms with Gasteiger partial charge in [-0.3, -0.25) is 9.78 Å². The summed E-state index contributed by atoms with van der Waals surface area (Å²) in [6, 6.07) is 13.8. The molecule has 3 rings (SSSR count). The summed E-state index contributed by atoms with van der Waals surface area (Å²) in [5, 5.41) is 3.05. The molecule has 0 unspecified atom stereocenters. The van der Waals surface area contributed by atoms with Crippen molar-refractivity contribution in [1.82, 2.24) is 4.98 Å². The standard InChI is InChI=1S/C17H18N2O/c1-13-12-15(8-11-18-13)19-16(20)17(9-5-10-17)14-6-3-2-4-7-14/h2-4,6-8,11-12H,5,9-10H2,1H3,(H,18,19,20). The summed E-state index contributed by atoms with van der Waals surface area (Å²) in [5.41, 5.74) is 2.50. The lowest BCUT2D eigenvalue weighted by Crippen LogP contribution is -2.45. The number of benzene rings is 1. The zero-order valence-corrected chi connectivity index (χ0v) is 11.6. The zero-order chi connectivity index (χ0) is 14.0. The molecule has 0 aliphatic heterocycles. The van der Waals surface area contributed by atoms with Crippen molar-refractivity contribution in [3.8, 4) is 0 Å². The molecule has 1 heterocycles. The lowest BCUT2D eigenvalue weighted by molar-refractivity contribution is -0.124. The van der Waals surface area contributed by atoms with Gasteiger partial charge in [0.05, 0.1) is 5.41 Å². The van der Waals surface area contributed by atoms with Gasteiger partial charge in [-0.25, -0.2) is 0 Å². The average Bonchev–Trinajstić information content (AvgIpc) is 2.38. The predicted molar refractivity (Wildman–Crippen MR) is 79.6 cm³/mol. The third-order valence-electron chi connectivity index (χ3n) is 4.12. The van der Waals surface area contributed by atoms with Crippen LogP contribution in [0.2, 0.25) is 0 Å². The summed E-state index contributed by atoms with van der Waals surface area (Å²) in [6.07, 6.45) is 4.68. The van der Waals surface area contributed by atoms with Crippen molar-refractivity contribution in [3.05, 3.63) is 59.9 Å². The third-order valence-corrected chi connectivity index (χ3v) is 4.12.